The zero-order valence-electron chi connectivity index (χ0n) is 18.6. The number of morpholine rings is 1. The lowest BCUT2D eigenvalue weighted by atomic mass is 9.85. The molecule has 4 rings (SSSR count). The number of piperidine rings is 1. The molecular weight excluding hydrogens is 462 g/mol. The van der Waals surface area contributed by atoms with Crippen LogP contribution in [-0.4, -0.2) is 50.2 Å². The summed E-state index contributed by atoms with van der Waals surface area (Å²) in [7, 11) is 0. The normalized spacial score (nSPS) is 21.6. The number of carbonyl (C=O) groups excluding carboxylic acids is 1. The fourth-order valence-corrected chi connectivity index (χ4v) is 5.21. The predicted molar refractivity (Wildman–Crippen MR) is 130 cm³/mol. The lowest BCUT2D eigenvalue weighted by Gasteiger charge is -2.37. The largest absolute Gasteiger partial charge is 0.379 e. The van der Waals surface area contributed by atoms with Gasteiger partial charge >= 0.3 is 0 Å². The summed E-state index contributed by atoms with van der Waals surface area (Å²) in [6.45, 7) is 6.20. The zero-order chi connectivity index (χ0) is 23.4. The number of hydrogen-bond donors (Lipinski definition) is 0. The summed E-state index contributed by atoms with van der Waals surface area (Å²) in [6.07, 6.45) is 1.26. The van der Waals surface area contributed by atoms with Crippen LogP contribution in [0.3, 0.4) is 0 Å². The standard InChI is InChI=1S/C26H27Cl2FN2O2/c1-18-13-20(14-21-6-2-3-7-24(21)29)17-31(26(18)32)25-22(27)15-19(16-23(25)28)5-4-8-30-9-11-33-12-10-30/h2-3,6-7,15-16,18,20H,8-14,17H2,1H3/t18-,20-/m1/s1. The minimum Gasteiger partial charge on any atom is -0.379 e. The van der Waals surface area contributed by atoms with Crippen molar-refractivity contribution < 1.29 is 13.9 Å². The molecule has 2 aromatic rings. The molecular formula is C26H27Cl2FN2O2. The van der Waals surface area contributed by atoms with E-state index in [2.05, 4.69) is 16.7 Å². The molecule has 0 bridgehead atoms. The fourth-order valence-electron chi connectivity index (χ4n) is 4.52. The van der Waals surface area contributed by atoms with Gasteiger partial charge in [-0.15, -0.1) is 0 Å². The van der Waals surface area contributed by atoms with Crippen LogP contribution < -0.4 is 4.90 Å². The maximum absolute atomic E-state index is 14.2. The Morgan fingerprint density at radius 1 is 1.15 bits per heavy atom. The smallest absolute Gasteiger partial charge is 0.229 e. The second-order valence-electron chi connectivity index (χ2n) is 8.73. The van der Waals surface area contributed by atoms with E-state index in [1.165, 1.54) is 6.07 Å². The number of hydrogen-bond acceptors (Lipinski definition) is 3. The quantitative estimate of drug-likeness (QED) is 0.564. The van der Waals surface area contributed by atoms with Crippen molar-refractivity contribution in [2.45, 2.75) is 19.8 Å². The average Bonchev–Trinajstić information content (AvgIpc) is 2.79. The van der Waals surface area contributed by atoms with E-state index in [-0.39, 0.29) is 23.6 Å². The molecule has 2 aliphatic heterocycles. The average molecular weight is 489 g/mol. The van der Waals surface area contributed by atoms with Gasteiger partial charge in [-0.1, -0.05) is 60.2 Å². The van der Waals surface area contributed by atoms with Crippen molar-refractivity contribution in [2.24, 2.45) is 11.8 Å². The SMILES string of the molecule is C[C@@H]1C[C@H](Cc2ccccc2F)CN(c2c(Cl)cc(C#CCN3CCOCC3)cc2Cl)C1=O. The first-order valence-corrected chi connectivity index (χ1v) is 12.0. The molecule has 2 saturated heterocycles. The Labute approximate surface area is 204 Å². The molecule has 0 aliphatic carbocycles. The molecule has 0 aromatic heterocycles. The third-order valence-corrected chi connectivity index (χ3v) is 6.78. The first-order chi connectivity index (χ1) is 15.9. The lowest BCUT2D eigenvalue weighted by Crippen LogP contribution is -2.45. The van der Waals surface area contributed by atoms with Crippen molar-refractivity contribution in [3.63, 3.8) is 0 Å². The monoisotopic (exact) mass is 488 g/mol. The third-order valence-electron chi connectivity index (χ3n) is 6.21. The van der Waals surface area contributed by atoms with Crippen molar-refractivity contribution in [2.75, 3.05) is 44.3 Å². The molecule has 0 radical (unpaired) electrons. The third kappa shape index (κ3) is 5.88. The summed E-state index contributed by atoms with van der Waals surface area (Å²) in [6, 6.07) is 10.3. The molecule has 0 spiro atoms. The van der Waals surface area contributed by atoms with E-state index in [1.54, 1.807) is 29.2 Å². The van der Waals surface area contributed by atoms with Gasteiger partial charge in [-0.3, -0.25) is 9.69 Å². The van der Waals surface area contributed by atoms with E-state index in [4.69, 9.17) is 27.9 Å². The van der Waals surface area contributed by atoms with Gasteiger partial charge in [0.2, 0.25) is 5.91 Å². The first kappa shape index (κ1) is 24.0. The van der Waals surface area contributed by atoms with Crippen LogP contribution >= 0.6 is 23.2 Å². The van der Waals surface area contributed by atoms with E-state index >= 15 is 0 Å². The van der Waals surface area contributed by atoms with E-state index < -0.39 is 0 Å². The summed E-state index contributed by atoms with van der Waals surface area (Å²) in [5, 5.41) is 0.788. The molecule has 4 nitrogen and oxygen atoms in total. The predicted octanol–water partition coefficient (Wildman–Crippen LogP) is 5.05. The van der Waals surface area contributed by atoms with Crippen molar-refractivity contribution in [1.82, 2.24) is 4.90 Å². The van der Waals surface area contributed by atoms with Gasteiger partial charge in [0.25, 0.3) is 0 Å². The van der Waals surface area contributed by atoms with Gasteiger partial charge in [-0.25, -0.2) is 4.39 Å². The van der Waals surface area contributed by atoms with Gasteiger partial charge in [0, 0.05) is 31.1 Å². The second kappa shape index (κ2) is 10.9. The molecule has 33 heavy (non-hydrogen) atoms. The van der Waals surface area contributed by atoms with Crippen molar-refractivity contribution in [1.29, 1.82) is 0 Å². The highest BCUT2D eigenvalue weighted by molar-refractivity contribution is 6.40. The molecule has 0 N–H and O–H groups in total. The topological polar surface area (TPSA) is 32.8 Å². The highest BCUT2D eigenvalue weighted by atomic mass is 35.5. The molecule has 174 valence electrons. The Bertz CT molecular complexity index is 1050. The van der Waals surface area contributed by atoms with Crippen LogP contribution in [-0.2, 0) is 16.0 Å². The molecule has 2 heterocycles. The Morgan fingerprint density at radius 2 is 1.85 bits per heavy atom. The highest BCUT2D eigenvalue weighted by Gasteiger charge is 2.34. The Morgan fingerprint density at radius 3 is 2.55 bits per heavy atom. The molecule has 1 amide bonds. The van der Waals surface area contributed by atoms with Crippen LogP contribution in [0.2, 0.25) is 10.0 Å². The van der Waals surface area contributed by atoms with Crippen LogP contribution in [0, 0.1) is 29.5 Å². The summed E-state index contributed by atoms with van der Waals surface area (Å²) in [5.74, 6) is 5.96. The van der Waals surface area contributed by atoms with Gasteiger partial charge in [0.15, 0.2) is 0 Å². The number of amides is 1. The number of halogens is 3. The Kier molecular flexibility index (Phi) is 7.93. The van der Waals surface area contributed by atoms with Gasteiger partial charge in [0.05, 0.1) is 35.5 Å². The number of anilines is 1. The molecule has 2 aliphatic rings. The van der Waals surface area contributed by atoms with E-state index in [0.717, 1.165) is 26.3 Å². The minimum absolute atomic E-state index is 0.0188. The molecule has 2 atom stereocenters. The lowest BCUT2D eigenvalue weighted by molar-refractivity contribution is -0.124. The van der Waals surface area contributed by atoms with Crippen LogP contribution in [0.25, 0.3) is 0 Å². The summed E-state index contributed by atoms with van der Waals surface area (Å²) in [4.78, 5) is 16.9. The van der Waals surface area contributed by atoms with Gasteiger partial charge in [-0.2, -0.15) is 0 Å². The van der Waals surface area contributed by atoms with Crippen molar-refractivity contribution in [3.8, 4) is 11.8 Å². The molecule has 7 heteroatoms. The van der Waals surface area contributed by atoms with Gasteiger partial charge < -0.3 is 9.64 Å². The number of benzene rings is 2. The minimum atomic E-state index is -0.218. The Balaban J connectivity index is 1.51. The van der Waals surface area contributed by atoms with Crippen LogP contribution in [0.5, 0.6) is 0 Å². The van der Waals surface area contributed by atoms with Gasteiger partial charge in [-0.05, 0) is 42.5 Å². The number of carbonyl (C=O) groups is 1. The van der Waals surface area contributed by atoms with E-state index in [9.17, 15) is 9.18 Å². The van der Waals surface area contributed by atoms with Crippen LogP contribution in [0.4, 0.5) is 10.1 Å². The van der Waals surface area contributed by atoms with Crippen LogP contribution in [0.1, 0.15) is 24.5 Å². The van der Waals surface area contributed by atoms with Crippen molar-refractivity contribution in [3.05, 3.63) is 63.4 Å². The van der Waals surface area contributed by atoms with Gasteiger partial charge in [0.1, 0.15) is 5.82 Å². The first-order valence-electron chi connectivity index (χ1n) is 11.2. The van der Waals surface area contributed by atoms with Crippen molar-refractivity contribution >= 4 is 34.8 Å². The van der Waals surface area contributed by atoms with E-state index in [0.29, 0.717) is 52.8 Å². The summed E-state index contributed by atoms with van der Waals surface area (Å²) < 4.78 is 19.5. The zero-order valence-corrected chi connectivity index (χ0v) is 20.1. The number of rotatable bonds is 4. The molecule has 2 fully saturated rings. The maximum Gasteiger partial charge on any atom is 0.229 e. The molecule has 2 aromatic carbocycles. The summed E-state index contributed by atoms with van der Waals surface area (Å²) >= 11 is 13.2. The fraction of sp³-hybridized carbons (Fsp3) is 0.423. The molecule has 0 saturated carbocycles. The number of ether oxygens (including phenoxy) is 1. The second-order valence-corrected chi connectivity index (χ2v) is 9.54. The number of nitrogens with zero attached hydrogens (tertiary/aromatic N) is 2. The molecule has 0 unspecified atom stereocenters. The highest BCUT2D eigenvalue weighted by Crippen LogP contribution is 2.39. The van der Waals surface area contributed by atoms with E-state index in [1.807, 2.05) is 13.0 Å². The maximum atomic E-state index is 14.2. The Hall–Kier alpha value is -2.10. The summed E-state index contributed by atoms with van der Waals surface area (Å²) in [5.41, 5.74) is 1.88. The van der Waals surface area contributed by atoms with Crippen LogP contribution in [0.15, 0.2) is 36.4 Å².